The molecule has 0 bridgehead atoms. The molecule has 0 spiro atoms. The van der Waals surface area contributed by atoms with Crippen LogP contribution in [-0.4, -0.2) is 96.8 Å². The number of rotatable bonds is 9. The van der Waals surface area contributed by atoms with Gasteiger partial charge in [0.15, 0.2) is 12.1 Å². The molecule has 0 aromatic heterocycles. The Kier molecular flexibility index (Phi) is 11.8. The third-order valence-electron chi connectivity index (χ3n) is 2.57. The maximum Gasteiger partial charge on any atom is 0.331 e. The number of nitrogens with one attached hydrogen (secondary N) is 1. The Morgan fingerprint density at radius 3 is 2.04 bits per heavy atom. The number of carbonyl (C=O) groups excluding carboxylic acids is 2. The molecule has 0 heterocycles. The summed E-state index contributed by atoms with van der Waals surface area (Å²) in [7, 11) is 6.87. The van der Waals surface area contributed by atoms with Crippen LogP contribution in [-0.2, 0) is 23.9 Å². The van der Waals surface area contributed by atoms with E-state index in [1.807, 2.05) is 21.1 Å². The van der Waals surface area contributed by atoms with E-state index in [2.05, 4.69) is 0 Å². The second-order valence-corrected chi connectivity index (χ2v) is 6.41. The molecule has 1 atom stereocenters. The van der Waals surface area contributed by atoms with Crippen LogP contribution in [0, 0.1) is 5.41 Å². The number of carboxylic acid groups (broad SMARTS) is 3. The third kappa shape index (κ3) is 19.0. The molecule has 12 heteroatoms. The topological polar surface area (TPSA) is 194 Å². The summed E-state index contributed by atoms with van der Waals surface area (Å²) in [5.74, 6) is -4.74. The van der Waals surface area contributed by atoms with Gasteiger partial charge >= 0.3 is 17.9 Å². The summed E-state index contributed by atoms with van der Waals surface area (Å²) in [4.78, 5) is 43.0. The molecule has 0 saturated carbocycles. The minimum atomic E-state index is -1.33. The zero-order valence-electron chi connectivity index (χ0n) is 15.7. The lowest BCUT2D eigenvalue weighted by atomic mass is 10.2. The Labute approximate surface area is 156 Å². The third-order valence-corrected chi connectivity index (χ3v) is 2.57. The molecule has 0 saturated heterocycles. The second kappa shape index (κ2) is 12.2. The zero-order chi connectivity index (χ0) is 21.8. The number of carbonyl (C=O) groups is 4. The lowest BCUT2D eigenvalue weighted by Crippen LogP contribution is -2.45. The van der Waals surface area contributed by atoms with Crippen molar-refractivity contribution in [2.24, 2.45) is 5.73 Å². The molecule has 154 valence electrons. The van der Waals surface area contributed by atoms with Gasteiger partial charge in [-0.15, -0.1) is 0 Å². The van der Waals surface area contributed by atoms with E-state index in [0.29, 0.717) is 10.6 Å². The van der Waals surface area contributed by atoms with Crippen molar-refractivity contribution >= 4 is 29.8 Å². The molecule has 0 aliphatic carbocycles. The first-order valence-corrected chi connectivity index (χ1v) is 7.53. The number of nitrogens with zero attached hydrogens (tertiary/aromatic N) is 2. The molecule has 5 N–H and O–H groups in total. The Morgan fingerprint density at radius 2 is 1.74 bits per heavy atom. The first kappa shape index (κ1) is 26.1. The van der Waals surface area contributed by atoms with Gasteiger partial charge in [-0.2, -0.15) is 0 Å². The predicted octanol–water partition coefficient (Wildman–Crippen LogP) is -2.72. The molecule has 0 aliphatic rings. The van der Waals surface area contributed by atoms with E-state index in [9.17, 15) is 24.3 Å². The van der Waals surface area contributed by atoms with Gasteiger partial charge in [-0.25, -0.2) is 9.59 Å². The molecule has 0 fully saturated rings. The maximum absolute atomic E-state index is 11.2. The van der Waals surface area contributed by atoms with Crippen molar-refractivity contribution in [2.75, 3.05) is 41.3 Å². The Morgan fingerprint density at radius 1 is 1.22 bits per heavy atom. The van der Waals surface area contributed by atoms with Gasteiger partial charge in [-0.1, -0.05) is 0 Å². The van der Waals surface area contributed by atoms with Crippen LogP contribution in [0.3, 0.4) is 0 Å². The summed E-state index contributed by atoms with van der Waals surface area (Å²) in [6, 6.07) is 0. The average molecular weight is 390 g/mol. The molecular formula is C15H26N4O8. The lowest BCUT2D eigenvalue weighted by molar-refractivity contribution is -0.873. The van der Waals surface area contributed by atoms with E-state index in [0.717, 1.165) is 11.0 Å². The van der Waals surface area contributed by atoms with Gasteiger partial charge in [0, 0.05) is 31.6 Å². The normalized spacial score (nSPS) is 11.7. The van der Waals surface area contributed by atoms with Crippen LogP contribution in [0.25, 0.3) is 0 Å². The molecule has 27 heavy (non-hydrogen) atoms. The molecule has 0 rings (SSSR count). The number of nitrogens with two attached hydrogens (primary N) is 1. The molecule has 0 radical (unpaired) electrons. The average Bonchev–Trinajstić information content (AvgIpc) is 2.42. The van der Waals surface area contributed by atoms with Crippen LogP contribution < -0.4 is 10.8 Å². The van der Waals surface area contributed by atoms with Gasteiger partial charge in [-0.3, -0.25) is 10.2 Å². The van der Waals surface area contributed by atoms with E-state index in [1.165, 1.54) is 7.05 Å². The van der Waals surface area contributed by atoms with E-state index >= 15 is 0 Å². The SMILES string of the molecule is CN(CC(=O)O)C(=N)N.C[N+](C)(C)CC(CC(=O)[O-])OC(=O)/C=C/C(=O)O. The van der Waals surface area contributed by atoms with E-state index in [-0.39, 0.29) is 19.0 Å². The number of ether oxygens (including phenoxy) is 1. The number of quaternary nitrogens is 1. The van der Waals surface area contributed by atoms with Crippen molar-refractivity contribution in [3.05, 3.63) is 12.2 Å². The fraction of sp³-hybridized carbons (Fsp3) is 0.533. The minimum Gasteiger partial charge on any atom is -0.550 e. The van der Waals surface area contributed by atoms with Crippen LogP contribution in [0.2, 0.25) is 0 Å². The van der Waals surface area contributed by atoms with Gasteiger partial charge in [0.05, 0.1) is 21.1 Å². The van der Waals surface area contributed by atoms with Crippen molar-refractivity contribution in [3.8, 4) is 0 Å². The Bertz CT molecular complexity index is 583. The van der Waals surface area contributed by atoms with E-state index in [1.54, 1.807) is 0 Å². The van der Waals surface area contributed by atoms with Crippen LogP contribution in [0.5, 0.6) is 0 Å². The Balaban J connectivity index is 0. The number of carboxylic acids is 3. The van der Waals surface area contributed by atoms with Crippen LogP contribution in [0.15, 0.2) is 12.2 Å². The second-order valence-electron chi connectivity index (χ2n) is 6.41. The largest absolute Gasteiger partial charge is 0.550 e. The van der Waals surface area contributed by atoms with Gasteiger partial charge in [-0.05, 0) is 0 Å². The van der Waals surface area contributed by atoms with Crippen LogP contribution in [0.4, 0.5) is 0 Å². The summed E-state index contributed by atoms with van der Waals surface area (Å²) in [5, 5.41) is 33.7. The fourth-order valence-corrected chi connectivity index (χ4v) is 1.57. The summed E-state index contributed by atoms with van der Waals surface area (Å²) >= 11 is 0. The Hall–Kier alpha value is -3.15. The van der Waals surface area contributed by atoms with Gasteiger partial charge in [0.2, 0.25) is 0 Å². The predicted molar refractivity (Wildman–Crippen MR) is 91.4 cm³/mol. The van der Waals surface area contributed by atoms with Crippen molar-refractivity contribution in [1.29, 1.82) is 5.41 Å². The smallest absolute Gasteiger partial charge is 0.331 e. The summed E-state index contributed by atoms with van der Waals surface area (Å²) in [6.45, 7) is 0.0516. The molecule has 0 aromatic carbocycles. The number of likely N-dealkylation sites (N-methyl/N-ethyl adjacent to an activating group) is 2. The number of guanidine groups is 1. The molecule has 0 amide bonds. The zero-order valence-corrected chi connectivity index (χ0v) is 15.7. The van der Waals surface area contributed by atoms with Gasteiger partial charge in [0.1, 0.15) is 13.1 Å². The number of esters is 1. The van der Waals surface area contributed by atoms with Crippen LogP contribution in [0.1, 0.15) is 6.42 Å². The highest BCUT2D eigenvalue weighted by Crippen LogP contribution is 2.05. The maximum atomic E-state index is 11.2. The first-order chi connectivity index (χ1) is 12.1. The van der Waals surface area contributed by atoms with Crippen LogP contribution >= 0.6 is 0 Å². The molecular weight excluding hydrogens is 364 g/mol. The highest BCUT2D eigenvalue weighted by atomic mass is 16.5. The van der Waals surface area contributed by atoms with Crippen molar-refractivity contribution < 1.29 is 43.7 Å². The quantitative estimate of drug-likeness (QED) is 0.106. The molecule has 12 nitrogen and oxygen atoms in total. The summed E-state index contributed by atoms with van der Waals surface area (Å²) < 4.78 is 5.26. The molecule has 1 unspecified atom stereocenters. The van der Waals surface area contributed by atoms with Crippen molar-refractivity contribution in [1.82, 2.24) is 4.90 Å². The summed E-state index contributed by atoms with van der Waals surface area (Å²) in [5.41, 5.74) is 4.93. The minimum absolute atomic E-state index is 0.227. The highest BCUT2D eigenvalue weighted by molar-refractivity contribution is 5.90. The highest BCUT2D eigenvalue weighted by Gasteiger charge is 2.21. The van der Waals surface area contributed by atoms with Gasteiger partial charge in [0.25, 0.3) is 0 Å². The lowest BCUT2D eigenvalue weighted by Gasteiger charge is -2.28. The molecule has 0 aromatic rings. The monoisotopic (exact) mass is 390 g/mol. The van der Waals surface area contributed by atoms with Gasteiger partial charge < -0.3 is 40.0 Å². The number of hydrogen-bond donors (Lipinski definition) is 4. The van der Waals surface area contributed by atoms with Crippen molar-refractivity contribution in [2.45, 2.75) is 12.5 Å². The standard InChI is InChI=1S/C11H17NO6.C4H9N3O2/c1-12(2,3)7-8(6-10(15)16)18-11(17)5-4-9(13)14;1-7(4(5)6)2-3(8)9/h4-5,8H,6-7H2,1-3H3,(H-,13,14,15,16);2H2,1H3,(H3,5,6)(H,8,9)/b5-4+;. The first-order valence-electron chi connectivity index (χ1n) is 7.53. The summed E-state index contributed by atoms with van der Waals surface area (Å²) in [6.07, 6.45) is 0.0771. The van der Waals surface area contributed by atoms with E-state index < -0.39 is 36.4 Å². The van der Waals surface area contributed by atoms with E-state index in [4.69, 9.17) is 26.1 Å². The van der Waals surface area contributed by atoms with Crippen molar-refractivity contribution in [3.63, 3.8) is 0 Å². The molecule has 0 aliphatic heterocycles. The number of hydrogen-bond acceptors (Lipinski definition) is 7. The number of aliphatic carboxylic acids is 3. The fourth-order valence-electron chi connectivity index (χ4n) is 1.57.